The third-order valence-corrected chi connectivity index (χ3v) is 6.17. The minimum Gasteiger partial charge on any atom is -0.336 e. The van der Waals surface area contributed by atoms with Crippen LogP contribution in [0.25, 0.3) is 0 Å². The largest absolute Gasteiger partial charge is 0.336 e. The van der Waals surface area contributed by atoms with E-state index in [1.165, 1.54) is 28.0 Å². The molecule has 0 saturated heterocycles. The molecule has 0 bridgehead atoms. The van der Waals surface area contributed by atoms with Crippen LogP contribution >= 0.6 is 34.9 Å². The monoisotopic (exact) mass is 396 g/mol. The highest BCUT2D eigenvalue weighted by atomic mass is 32.2. The summed E-state index contributed by atoms with van der Waals surface area (Å²) in [4.78, 5) is 25.6. The highest BCUT2D eigenvalue weighted by Crippen LogP contribution is 2.28. The average Bonchev–Trinajstić information content (AvgIpc) is 3.02. The third-order valence-electron chi connectivity index (χ3n) is 3.12. The minimum absolute atomic E-state index is 0.0142. The number of benzene rings is 1. The van der Waals surface area contributed by atoms with Gasteiger partial charge in [-0.05, 0) is 24.8 Å². The van der Waals surface area contributed by atoms with Gasteiger partial charge < -0.3 is 10.2 Å². The maximum atomic E-state index is 12.2. The molecule has 2 amide bonds. The highest BCUT2D eigenvalue weighted by Gasteiger charge is 2.15. The topological polar surface area (TPSA) is 75.2 Å². The molecule has 25 heavy (non-hydrogen) atoms. The molecular formula is C16H20N4O2S3. The molecule has 134 valence electrons. The summed E-state index contributed by atoms with van der Waals surface area (Å²) in [5.74, 6) is 0.836. The van der Waals surface area contributed by atoms with E-state index in [4.69, 9.17) is 0 Å². The Hall–Kier alpha value is -1.58. The van der Waals surface area contributed by atoms with Gasteiger partial charge in [-0.15, -0.1) is 10.2 Å². The SMILES string of the molecule is CCSc1nnc(SCC(=O)N(C)CC(=O)Nc2ccc(C)cc2)s1. The maximum Gasteiger partial charge on any atom is 0.243 e. The molecule has 0 spiro atoms. The fraction of sp³-hybridized carbons (Fsp3) is 0.375. The van der Waals surface area contributed by atoms with Crippen molar-refractivity contribution in [3.05, 3.63) is 29.8 Å². The molecule has 0 unspecified atom stereocenters. The number of aryl methyl sites for hydroxylation is 1. The van der Waals surface area contributed by atoms with Crippen molar-refractivity contribution in [1.29, 1.82) is 0 Å². The normalized spacial score (nSPS) is 10.5. The second-order valence-corrected chi connectivity index (χ2v) is 8.93. The van der Waals surface area contributed by atoms with Gasteiger partial charge in [0.15, 0.2) is 8.68 Å². The Morgan fingerprint density at radius 1 is 1.16 bits per heavy atom. The van der Waals surface area contributed by atoms with E-state index >= 15 is 0 Å². The number of nitrogens with one attached hydrogen (secondary N) is 1. The zero-order chi connectivity index (χ0) is 18.2. The molecule has 0 fully saturated rings. The van der Waals surface area contributed by atoms with Crippen LogP contribution in [0.5, 0.6) is 0 Å². The van der Waals surface area contributed by atoms with Crippen molar-refractivity contribution < 1.29 is 9.59 Å². The molecular weight excluding hydrogens is 376 g/mol. The fourth-order valence-electron chi connectivity index (χ4n) is 1.81. The van der Waals surface area contributed by atoms with Crippen LogP contribution in [0, 0.1) is 6.92 Å². The highest BCUT2D eigenvalue weighted by molar-refractivity contribution is 8.03. The molecule has 2 rings (SSSR count). The number of anilines is 1. The predicted octanol–water partition coefficient (Wildman–Crippen LogP) is 3.15. The van der Waals surface area contributed by atoms with Crippen molar-refractivity contribution in [3.8, 4) is 0 Å². The van der Waals surface area contributed by atoms with E-state index in [1.54, 1.807) is 18.8 Å². The van der Waals surface area contributed by atoms with Gasteiger partial charge in [0.2, 0.25) is 11.8 Å². The Morgan fingerprint density at radius 2 is 1.80 bits per heavy atom. The Bertz CT molecular complexity index is 718. The van der Waals surface area contributed by atoms with Gasteiger partial charge in [-0.2, -0.15) is 0 Å². The second-order valence-electron chi connectivity index (χ2n) is 5.22. The van der Waals surface area contributed by atoms with Crippen molar-refractivity contribution in [2.75, 3.05) is 30.4 Å². The predicted molar refractivity (Wildman–Crippen MR) is 104 cm³/mol. The first-order chi connectivity index (χ1) is 12.0. The van der Waals surface area contributed by atoms with E-state index in [2.05, 4.69) is 22.4 Å². The first-order valence-corrected chi connectivity index (χ1v) is 10.5. The van der Waals surface area contributed by atoms with Crippen LogP contribution in [0.3, 0.4) is 0 Å². The molecule has 2 aromatic rings. The Labute approximate surface area is 159 Å². The van der Waals surface area contributed by atoms with Crippen LogP contribution in [0.2, 0.25) is 0 Å². The van der Waals surface area contributed by atoms with E-state index in [9.17, 15) is 9.59 Å². The molecule has 0 saturated carbocycles. The summed E-state index contributed by atoms with van der Waals surface area (Å²) in [6.07, 6.45) is 0. The quantitative estimate of drug-likeness (QED) is 0.691. The van der Waals surface area contributed by atoms with Crippen molar-refractivity contribution in [2.24, 2.45) is 0 Å². The van der Waals surface area contributed by atoms with Gasteiger partial charge in [0, 0.05) is 12.7 Å². The molecule has 0 aliphatic carbocycles. The zero-order valence-corrected chi connectivity index (χ0v) is 16.8. The van der Waals surface area contributed by atoms with Gasteiger partial charge >= 0.3 is 0 Å². The molecule has 6 nitrogen and oxygen atoms in total. The van der Waals surface area contributed by atoms with E-state index in [0.717, 1.165) is 25.7 Å². The summed E-state index contributed by atoms with van der Waals surface area (Å²) in [5.41, 5.74) is 1.85. The molecule has 1 heterocycles. The summed E-state index contributed by atoms with van der Waals surface area (Å²) in [6, 6.07) is 7.53. The summed E-state index contributed by atoms with van der Waals surface area (Å²) in [7, 11) is 1.62. The van der Waals surface area contributed by atoms with E-state index in [0.29, 0.717) is 0 Å². The Balaban J connectivity index is 1.76. The summed E-state index contributed by atoms with van der Waals surface area (Å²) < 4.78 is 1.67. The van der Waals surface area contributed by atoms with Crippen LogP contribution in [0.4, 0.5) is 5.69 Å². The number of nitrogens with zero attached hydrogens (tertiary/aromatic N) is 3. The van der Waals surface area contributed by atoms with E-state index < -0.39 is 0 Å². The Kier molecular flexibility index (Phi) is 7.73. The number of hydrogen-bond acceptors (Lipinski definition) is 7. The lowest BCUT2D eigenvalue weighted by atomic mass is 10.2. The van der Waals surface area contributed by atoms with Crippen molar-refractivity contribution in [3.63, 3.8) is 0 Å². The van der Waals surface area contributed by atoms with E-state index in [1.807, 2.05) is 31.2 Å². The molecule has 0 atom stereocenters. The van der Waals surface area contributed by atoms with Gasteiger partial charge in [0.1, 0.15) is 0 Å². The van der Waals surface area contributed by atoms with Crippen LogP contribution in [0.1, 0.15) is 12.5 Å². The van der Waals surface area contributed by atoms with Gasteiger partial charge in [0.25, 0.3) is 0 Å². The molecule has 0 radical (unpaired) electrons. The van der Waals surface area contributed by atoms with Gasteiger partial charge in [-0.1, -0.05) is 59.5 Å². The van der Waals surface area contributed by atoms with Crippen LogP contribution < -0.4 is 5.32 Å². The van der Waals surface area contributed by atoms with Crippen LogP contribution in [0.15, 0.2) is 32.9 Å². The lowest BCUT2D eigenvalue weighted by molar-refractivity contribution is -0.131. The fourth-order valence-corrected chi connectivity index (χ4v) is 4.67. The number of amides is 2. The number of likely N-dealkylation sites (N-methyl/N-ethyl adjacent to an activating group) is 1. The molecule has 0 aliphatic heterocycles. The molecule has 1 aromatic heterocycles. The number of hydrogen-bond donors (Lipinski definition) is 1. The van der Waals surface area contributed by atoms with Gasteiger partial charge in [0.05, 0.1) is 12.3 Å². The van der Waals surface area contributed by atoms with Crippen molar-refractivity contribution >= 4 is 52.4 Å². The number of thioether (sulfide) groups is 2. The lowest BCUT2D eigenvalue weighted by Gasteiger charge is -2.16. The third kappa shape index (κ3) is 6.68. The average molecular weight is 397 g/mol. The standard InChI is InChI=1S/C16H20N4O2S3/c1-4-23-15-18-19-16(25-15)24-10-14(22)20(3)9-13(21)17-12-7-5-11(2)6-8-12/h5-8H,4,9-10H2,1-3H3,(H,17,21). The minimum atomic E-state index is -0.220. The first kappa shape index (κ1) is 19.7. The number of carbonyl (C=O) groups is 2. The van der Waals surface area contributed by atoms with Crippen LogP contribution in [-0.2, 0) is 9.59 Å². The summed E-state index contributed by atoms with van der Waals surface area (Å²) in [6.45, 7) is 4.05. The summed E-state index contributed by atoms with van der Waals surface area (Å²) in [5, 5.41) is 10.9. The number of rotatable bonds is 8. The van der Waals surface area contributed by atoms with Gasteiger partial charge in [-0.25, -0.2) is 0 Å². The lowest BCUT2D eigenvalue weighted by Crippen LogP contribution is -2.35. The molecule has 1 aromatic carbocycles. The molecule has 1 N–H and O–H groups in total. The van der Waals surface area contributed by atoms with Gasteiger partial charge in [-0.3, -0.25) is 9.59 Å². The number of carbonyl (C=O) groups excluding carboxylic acids is 2. The van der Waals surface area contributed by atoms with Crippen LogP contribution in [-0.4, -0.2) is 52.0 Å². The van der Waals surface area contributed by atoms with Crippen molar-refractivity contribution in [2.45, 2.75) is 22.5 Å². The zero-order valence-electron chi connectivity index (χ0n) is 14.3. The summed E-state index contributed by atoms with van der Waals surface area (Å²) >= 11 is 4.46. The number of aromatic nitrogens is 2. The first-order valence-electron chi connectivity index (χ1n) is 7.67. The van der Waals surface area contributed by atoms with Crippen molar-refractivity contribution in [1.82, 2.24) is 15.1 Å². The Morgan fingerprint density at radius 3 is 2.44 bits per heavy atom. The maximum absolute atomic E-state index is 12.2. The molecule has 9 heteroatoms. The van der Waals surface area contributed by atoms with E-state index in [-0.39, 0.29) is 24.1 Å². The molecule has 0 aliphatic rings. The second kappa shape index (κ2) is 9.79. The smallest absolute Gasteiger partial charge is 0.243 e.